The number of aliphatic hydroxyl groups is 1. The summed E-state index contributed by atoms with van der Waals surface area (Å²) in [4.78, 5) is 10.2. The highest BCUT2D eigenvalue weighted by Gasteiger charge is 2.23. The molecule has 2 rings (SSSR count). The van der Waals surface area contributed by atoms with Crippen LogP contribution in [0.2, 0.25) is 0 Å². The normalized spacial score (nSPS) is 11.7. The molecule has 0 fully saturated rings. The van der Waals surface area contributed by atoms with Crippen LogP contribution in [0.5, 0.6) is 0 Å². The molecule has 5 nitrogen and oxygen atoms in total. The molecular formula is C15H13N2O3S2+. The quantitative estimate of drug-likeness (QED) is 0.232. The van der Waals surface area contributed by atoms with Crippen LogP contribution in [0, 0.1) is 10.1 Å². The Morgan fingerprint density at radius 3 is 2.32 bits per heavy atom. The molecule has 0 aliphatic carbocycles. The van der Waals surface area contributed by atoms with E-state index in [2.05, 4.69) is 0 Å². The number of hydrogen-bond donors (Lipinski definition) is 1. The number of aromatic nitrogens is 1. The van der Waals surface area contributed by atoms with Crippen LogP contribution in [0.3, 0.4) is 0 Å². The Morgan fingerprint density at radius 1 is 1.23 bits per heavy atom. The molecule has 1 N–H and O–H groups in total. The maximum Gasteiger partial charge on any atom is 0.278 e. The smallest absolute Gasteiger partial charge is 0.278 e. The van der Waals surface area contributed by atoms with Crippen molar-refractivity contribution in [3.8, 4) is 0 Å². The lowest BCUT2D eigenvalue weighted by molar-refractivity contribution is -0.575. The Balaban J connectivity index is 2.54. The first-order valence-corrected chi connectivity index (χ1v) is 7.91. The predicted octanol–water partition coefficient (Wildman–Crippen LogP) is 3.46. The van der Waals surface area contributed by atoms with Gasteiger partial charge in [-0.15, -0.1) is 11.8 Å². The highest BCUT2D eigenvalue weighted by molar-refractivity contribution is 8.23. The molecule has 7 heteroatoms. The van der Waals surface area contributed by atoms with Gasteiger partial charge in [0.1, 0.15) is 4.20 Å². The lowest BCUT2D eigenvalue weighted by Crippen LogP contribution is -2.35. The number of nitrogens with zero attached hydrogens (tertiary/aromatic N) is 2. The minimum absolute atomic E-state index is 0.0227. The number of nitro benzene ring substituents is 1. The zero-order chi connectivity index (χ0) is 16.1. The Hall–Kier alpha value is -2.25. The first-order valence-electron chi connectivity index (χ1n) is 6.27. The molecule has 22 heavy (non-hydrogen) atoms. The largest absolute Gasteiger partial charge is 0.502 e. The molecule has 1 aromatic carbocycles. The van der Waals surface area contributed by atoms with E-state index in [-0.39, 0.29) is 11.4 Å². The molecule has 0 bridgehead atoms. The molecule has 0 atom stereocenters. The van der Waals surface area contributed by atoms with Gasteiger partial charge in [-0.2, -0.15) is 4.57 Å². The van der Waals surface area contributed by atoms with Crippen molar-refractivity contribution in [1.29, 1.82) is 0 Å². The topological polar surface area (TPSA) is 67.2 Å². The summed E-state index contributed by atoms with van der Waals surface area (Å²) >= 11 is 6.66. The monoisotopic (exact) mass is 333 g/mol. The van der Waals surface area contributed by atoms with E-state index in [0.29, 0.717) is 15.5 Å². The van der Waals surface area contributed by atoms with Crippen molar-refractivity contribution in [2.24, 2.45) is 0 Å². The number of non-ortho nitro benzene ring substituents is 1. The number of rotatable bonds is 4. The zero-order valence-corrected chi connectivity index (χ0v) is 13.3. The molecule has 0 saturated carbocycles. The number of nitro groups is 1. The van der Waals surface area contributed by atoms with Crippen molar-refractivity contribution in [2.75, 3.05) is 6.26 Å². The molecule has 0 amide bonds. The second-order valence-electron chi connectivity index (χ2n) is 4.28. The summed E-state index contributed by atoms with van der Waals surface area (Å²) in [5.74, 6) is -0.0227. The minimum Gasteiger partial charge on any atom is -0.502 e. The Kier molecular flexibility index (Phi) is 5.24. The van der Waals surface area contributed by atoms with Crippen molar-refractivity contribution < 1.29 is 14.6 Å². The summed E-state index contributed by atoms with van der Waals surface area (Å²) < 4.78 is 2.24. The number of thioether (sulfide) groups is 1. The summed E-state index contributed by atoms with van der Waals surface area (Å²) in [7, 11) is 0. The molecule has 1 heterocycles. The van der Waals surface area contributed by atoms with Gasteiger partial charge in [0.15, 0.2) is 18.2 Å². The SMILES string of the molecule is CSC(=S)/C(=C(/O)c1ccc([N+](=O)[O-])cc1)[n+]1ccccc1. The van der Waals surface area contributed by atoms with Gasteiger partial charge >= 0.3 is 0 Å². The highest BCUT2D eigenvalue weighted by atomic mass is 32.2. The predicted molar refractivity (Wildman–Crippen MR) is 91.6 cm³/mol. The van der Waals surface area contributed by atoms with Crippen LogP contribution in [0.4, 0.5) is 5.69 Å². The van der Waals surface area contributed by atoms with Crippen LogP contribution in [-0.2, 0) is 0 Å². The first-order chi connectivity index (χ1) is 10.5. The number of thiocarbonyl (C=S) groups is 1. The fourth-order valence-electron chi connectivity index (χ4n) is 1.85. The van der Waals surface area contributed by atoms with Gasteiger partial charge in [0.05, 0.1) is 4.92 Å². The molecule has 0 spiro atoms. The molecule has 2 aromatic rings. The van der Waals surface area contributed by atoms with Crippen molar-refractivity contribution in [3.05, 3.63) is 70.5 Å². The summed E-state index contributed by atoms with van der Waals surface area (Å²) in [5.41, 5.74) is 0.906. The third-order valence-corrected chi connectivity index (χ3v) is 4.19. The number of hydrogen-bond acceptors (Lipinski definition) is 5. The molecule has 1 aromatic heterocycles. The van der Waals surface area contributed by atoms with Crippen molar-refractivity contribution in [1.82, 2.24) is 0 Å². The van der Waals surface area contributed by atoms with E-state index in [1.807, 2.05) is 24.5 Å². The summed E-state index contributed by atoms with van der Waals surface area (Å²) in [6.07, 6.45) is 5.38. The second-order valence-corrected chi connectivity index (χ2v) is 5.76. The van der Waals surface area contributed by atoms with Crippen LogP contribution in [-0.4, -0.2) is 20.5 Å². The minimum atomic E-state index is -0.482. The maximum atomic E-state index is 10.7. The molecular weight excluding hydrogens is 320 g/mol. The van der Waals surface area contributed by atoms with Gasteiger partial charge in [-0.1, -0.05) is 18.3 Å². The van der Waals surface area contributed by atoms with Gasteiger partial charge in [0, 0.05) is 29.8 Å². The molecule has 0 aliphatic heterocycles. The second kappa shape index (κ2) is 7.15. The van der Waals surface area contributed by atoms with Gasteiger partial charge in [0.2, 0.25) is 0 Å². The molecule has 0 saturated heterocycles. The standard InChI is InChI=1S/C15H12N2O3S2/c1-22-15(21)13(16-9-3-2-4-10-16)14(18)11-5-7-12(8-6-11)17(19)20/h2-10H,1H3/p+1. The number of aliphatic hydroxyl groups excluding tert-OH is 1. The molecule has 0 aliphatic rings. The Bertz CT molecular complexity index is 728. The third kappa shape index (κ3) is 3.49. The summed E-state index contributed by atoms with van der Waals surface area (Å²) in [6.45, 7) is 0. The average molecular weight is 333 g/mol. The van der Waals surface area contributed by atoms with E-state index in [1.54, 1.807) is 17.0 Å². The third-order valence-electron chi connectivity index (χ3n) is 2.93. The van der Waals surface area contributed by atoms with Crippen LogP contribution in [0.1, 0.15) is 5.56 Å². The van der Waals surface area contributed by atoms with Crippen LogP contribution < -0.4 is 4.57 Å². The van der Waals surface area contributed by atoms with E-state index in [1.165, 1.54) is 36.0 Å². The lowest BCUT2D eigenvalue weighted by Gasteiger charge is -2.06. The fraction of sp³-hybridized carbons (Fsp3) is 0.0667. The molecule has 112 valence electrons. The van der Waals surface area contributed by atoms with Gasteiger partial charge in [-0.25, -0.2) is 0 Å². The van der Waals surface area contributed by atoms with Gasteiger partial charge in [-0.3, -0.25) is 10.1 Å². The molecule has 0 unspecified atom stereocenters. The van der Waals surface area contributed by atoms with Gasteiger partial charge in [-0.05, 0) is 18.4 Å². The van der Waals surface area contributed by atoms with Crippen molar-refractivity contribution in [2.45, 2.75) is 0 Å². The zero-order valence-electron chi connectivity index (χ0n) is 11.7. The highest BCUT2D eigenvalue weighted by Crippen LogP contribution is 2.23. The first kappa shape index (κ1) is 16.1. The van der Waals surface area contributed by atoms with Crippen molar-refractivity contribution >= 4 is 45.3 Å². The summed E-state index contributed by atoms with van der Waals surface area (Å²) in [6, 6.07) is 11.2. The lowest BCUT2D eigenvalue weighted by atomic mass is 10.1. The van der Waals surface area contributed by atoms with E-state index >= 15 is 0 Å². The average Bonchev–Trinajstić information content (AvgIpc) is 2.55. The van der Waals surface area contributed by atoms with E-state index in [4.69, 9.17) is 12.2 Å². The van der Waals surface area contributed by atoms with Crippen LogP contribution in [0.15, 0.2) is 54.9 Å². The van der Waals surface area contributed by atoms with E-state index in [9.17, 15) is 15.2 Å². The number of benzene rings is 1. The fourth-order valence-corrected chi connectivity index (χ4v) is 2.44. The van der Waals surface area contributed by atoms with E-state index < -0.39 is 4.92 Å². The van der Waals surface area contributed by atoms with Crippen molar-refractivity contribution in [3.63, 3.8) is 0 Å². The molecule has 0 radical (unpaired) electrons. The Morgan fingerprint density at radius 2 is 1.82 bits per heavy atom. The van der Waals surface area contributed by atoms with Crippen LogP contribution >= 0.6 is 24.0 Å². The van der Waals surface area contributed by atoms with Gasteiger partial charge < -0.3 is 5.11 Å². The number of pyridine rings is 1. The van der Waals surface area contributed by atoms with E-state index in [0.717, 1.165) is 0 Å². The van der Waals surface area contributed by atoms with Gasteiger partial charge in [0.25, 0.3) is 11.4 Å². The maximum absolute atomic E-state index is 10.7. The summed E-state index contributed by atoms with van der Waals surface area (Å²) in [5, 5.41) is 21.2. The Labute approximate surface area is 137 Å². The van der Waals surface area contributed by atoms with Crippen LogP contribution in [0.25, 0.3) is 11.5 Å².